The highest BCUT2D eigenvalue weighted by atomic mass is 32.1. The van der Waals surface area contributed by atoms with Crippen LogP contribution in [0.2, 0.25) is 0 Å². The number of rotatable bonds is 4. The number of nitrogens with one attached hydrogen (secondary N) is 1. The third-order valence-corrected chi connectivity index (χ3v) is 3.38. The summed E-state index contributed by atoms with van der Waals surface area (Å²) in [5, 5.41) is 11.3. The molecular formula is C12H12N2O3S. The summed E-state index contributed by atoms with van der Waals surface area (Å²) in [5.74, 6) is -1.78. The molecule has 1 atom stereocenters. The van der Waals surface area contributed by atoms with Gasteiger partial charge in [0.2, 0.25) is 0 Å². The summed E-state index contributed by atoms with van der Waals surface area (Å²) in [7, 11) is 0. The molecule has 0 radical (unpaired) electrons. The molecule has 2 N–H and O–H groups in total. The summed E-state index contributed by atoms with van der Waals surface area (Å²) in [5.41, 5.74) is 3.10. The second-order valence-electron chi connectivity index (χ2n) is 3.98. The molecule has 18 heavy (non-hydrogen) atoms. The first kappa shape index (κ1) is 12.5. The lowest BCUT2D eigenvalue weighted by Crippen LogP contribution is -2.31. The predicted octanol–water partition coefficient (Wildman–Crippen LogP) is 1.75. The van der Waals surface area contributed by atoms with E-state index >= 15 is 0 Å². The molecule has 5 nitrogen and oxygen atoms in total. The van der Waals surface area contributed by atoms with Gasteiger partial charge in [0.15, 0.2) is 0 Å². The Morgan fingerprint density at radius 2 is 2.28 bits per heavy atom. The lowest BCUT2D eigenvalue weighted by Gasteiger charge is -2.08. The highest BCUT2D eigenvalue weighted by molar-refractivity contribution is 7.16. The van der Waals surface area contributed by atoms with Crippen molar-refractivity contribution in [3.63, 3.8) is 0 Å². The van der Waals surface area contributed by atoms with E-state index in [1.807, 2.05) is 0 Å². The van der Waals surface area contributed by atoms with Crippen molar-refractivity contribution in [3.8, 4) is 0 Å². The Balaban J connectivity index is 2.06. The van der Waals surface area contributed by atoms with Crippen LogP contribution in [0.3, 0.4) is 0 Å². The van der Waals surface area contributed by atoms with Crippen LogP contribution in [-0.2, 0) is 4.79 Å². The minimum absolute atomic E-state index is 0.120. The van der Waals surface area contributed by atoms with E-state index in [0.29, 0.717) is 5.56 Å². The van der Waals surface area contributed by atoms with Crippen LogP contribution in [0.25, 0.3) is 10.2 Å². The molecule has 0 saturated heterocycles. The highest BCUT2D eigenvalue weighted by Gasteiger charge is 2.13. The van der Waals surface area contributed by atoms with Gasteiger partial charge in [-0.1, -0.05) is 6.92 Å². The molecule has 2 aromatic rings. The fourth-order valence-corrected chi connectivity index (χ4v) is 2.15. The number of carboxylic acids is 1. The van der Waals surface area contributed by atoms with Crippen molar-refractivity contribution >= 4 is 33.4 Å². The van der Waals surface area contributed by atoms with Crippen molar-refractivity contribution in [2.45, 2.75) is 6.92 Å². The monoisotopic (exact) mass is 264 g/mol. The molecule has 6 heteroatoms. The lowest BCUT2D eigenvalue weighted by atomic mass is 10.1. The number of hydrogen-bond donors (Lipinski definition) is 2. The van der Waals surface area contributed by atoms with Crippen LogP contribution < -0.4 is 5.32 Å². The number of thiazole rings is 1. The summed E-state index contributed by atoms with van der Waals surface area (Å²) in [6.45, 7) is 1.67. The van der Waals surface area contributed by atoms with E-state index in [2.05, 4.69) is 10.3 Å². The van der Waals surface area contributed by atoms with Gasteiger partial charge in [0, 0.05) is 12.1 Å². The number of benzene rings is 1. The zero-order valence-corrected chi connectivity index (χ0v) is 10.5. The zero-order chi connectivity index (χ0) is 13.1. The maximum atomic E-state index is 11.8. The number of carboxylic acid groups (broad SMARTS) is 1. The van der Waals surface area contributed by atoms with E-state index < -0.39 is 11.9 Å². The number of fused-ring (bicyclic) bond motifs is 1. The van der Waals surface area contributed by atoms with Gasteiger partial charge in [0.25, 0.3) is 5.91 Å². The van der Waals surface area contributed by atoms with Gasteiger partial charge in [-0.15, -0.1) is 11.3 Å². The van der Waals surface area contributed by atoms with E-state index in [9.17, 15) is 9.59 Å². The number of aliphatic carboxylic acids is 1. The normalized spacial score (nSPS) is 12.3. The molecule has 0 saturated carbocycles. The van der Waals surface area contributed by atoms with Gasteiger partial charge in [-0.05, 0) is 18.2 Å². The highest BCUT2D eigenvalue weighted by Crippen LogP contribution is 2.18. The summed E-state index contributed by atoms with van der Waals surface area (Å²) in [6, 6.07) is 5.22. The standard InChI is InChI=1S/C12H12N2O3S/c1-7(12(16)17)5-13-11(15)8-2-3-9-10(4-8)18-6-14-9/h2-4,6-7H,5H2,1H3,(H,13,15)(H,16,17). The number of carbonyl (C=O) groups excluding carboxylic acids is 1. The first-order valence-electron chi connectivity index (χ1n) is 5.42. The van der Waals surface area contributed by atoms with Gasteiger partial charge >= 0.3 is 5.97 Å². The number of amides is 1. The molecule has 94 valence electrons. The van der Waals surface area contributed by atoms with Crippen molar-refractivity contribution in [2.24, 2.45) is 5.92 Å². The van der Waals surface area contributed by atoms with Gasteiger partial charge in [-0.25, -0.2) is 4.98 Å². The average Bonchev–Trinajstić information content (AvgIpc) is 2.82. The van der Waals surface area contributed by atoms with E-state index in [1.54, 1.807) is 30.6 Å². The molecule has 1 aromatic carbocycles. The summed E-state index contributed by atoms with van der Waals surface area (Å²) in [6.07, 6.45) is 0. The van der Waals surface area contributed by atoms with Crippen LogP contribution in [-0.4, -0.2) is 28.5 Å². The fourth-order valence-electron chi connectivity index (χ4n) is 1.43. The van der Waals surface area contributed by atoms with Crippen LogP contribution in [0, 0.1) is 5.92 Å². The van der Waals surface area contributed by atoms with Gasteiger partial charge in [0.05, 0.1) is 21.6 Å². The Hall–Kier alpha value is -1.95. The van der Waals surface area contributed by atoms with Crippen LogP contribution in [0.4, 0.5) is 0 Å². The van der Waals surface area contributed by atoms with E-state index in [-0.39, 0.29) is 12.5 Å². The van der Waals surface area contributed by atoms with Crippen molar-refractivity contribution in [1.29, 1.82) is 0 Å². The van der Waals surface area contributed by atoms with E-state index in [1.165, 1.54) is 11.3 Å². The zero-order valence-electron chi connectivity index (χ0n) is 9.71. The van der Waals surface area contributed by atoms with E-state index in [0.717, 1.165) is 10.2 Å². The molecule has 0 aliphatic heterocycles. The Morgan fingerprint density at radius 1 is 1.50 bits per heavy atom. The molecular weight excluding hydrogens is 252 g/mol. The topological polar surface area (TPSA) is 79.3 Å². The maximum absolute atomic E-state index is 11.8. The van der Waals surface area contributed by atoms with Gasteiger partial charge < -0.3 is 10.4 Å². The van der Waals surface area contributed by atoms with Crippen LogP contribution in [0.5, 0.6) is 0 Å². The molecule has 2 rings (SSSR count). The SMILES string of the molecule is CC(CNC(=O)c1ccc2ncsc2c1)C(=O)O. The first-order valence-corrected chi connectivity index (χ1v) is 6.30. The van der Waals surface area contributed by atoms with Crippen molar-refractivity contribution in [2.75, 3.05) is 6.54 Å². The molecule has 0 aliphatic rings. The van der Waals surface area contributed by atoms with Crippen LogP contribution in [0.1, 0.15) is 17.3 Å². The summed E-state index contributed by atoms with van der Waals surface area (Å²) < 4.78 is 0.939. The van der Waals surface area contributed by atoms with Gasteiger partial charge in [0.1, 0.15) is 0 Å². The van der Waals surface area contributed by atoms with Crippen molar-refractivity contribution in [1.82, 2.24) is 10.3 Å². The summed E-state index contributed by atoms with van der Waals surface area (Å²) in [4.78, 5) is 26.6. The molecule has 0 bridgehead atoms. The third kappa shape index (κ3) is 2.65. The Bertz CT molecular complexity index is 594. The summed E-state index contributed by atoms with van der Waals surface area (Å²) >= 11 is 1.46. The first-order chi connectivity index (χ1) is 8.58. The molecule has 0 spiro atoms. The van der Waals surface area contributed by atoms with Crippen molar-refractivity contribution < 1.29 is 14.7 Å². The number of carbonyl (C=O) groups is 2. The van der Waals surface area contributed by atoms with Crippen LogP contribution >= 0.6 is 11.3 Å². The molecule has 0 fully saturated rings. The number of aromatic nitrogens is 1. The second-order valence-corrected chi connectivity index (χ2v) is 4.87. The Kier molecular flexibility index (Phi) is 3.57. The average molecular weight is 264 g/mol. The lowest BCUT2D eigenvalue weighted by molar-refractivity contribution is -0.140. The van der Waals surface area contributed by atoms with Crippen molar-refractivity contribution in [3.05, 3.63) is 29.3 Å². The number of nitrogens with zero attached hydrogens (tertiary/aromatic N) is 1. The Morgan fingerprint density at radius 3 is 3.00 bits per heavy atom. The molecule has 1 amide bonds. The largest absolute Gasteiger partial charge is 0.481 e. The predicted molar refractivity (Wildman–Crippen MR) is 68.8 cm³/mol. The maximum Gasteiger partial charge on any atom is 0.308 e. The second kappa shape index (κ2) is 5.14. The minimum atomic E-state index is -0.923. The minimum Gasteiger partial charge on any atom is -0.481 e. The van der Waals surface area contributed by atoms with Gasteiger partial charge in [-0.2, -0.15) is 0 Å². The van der Waals surface area contributed by atoms with Gasteiger partial charge in [-0.3, -0.25) is 9.59 Å². The quantitative estimate of drug-likeness (QED) is 0.881. The molecule has 1 unspecified atom stereocenters. The van der Waals surface area contributed by atoms with E-state index in [4.69, 9.17) is 5.11 Å². The fraction of sp³-hybridized carbons (Fsp3) is 0.250. The van der Waals surface area contributed by atoms with Crippen LogP contribution in [0.15, 0.2) is 23.7 Å². The molecule has 1 aromatic heterocycles. The molecule has 1 heterocycles. The molecule has 0 aliphatic carbocycles. The Labute approximate surface area is 107 Å². The smallest absolute Gasteiger partial charge is 0.308 e. The third-order valence-electron chi connectivity index (χ3n) is 2.58. The number of hydrogen-bond acceptors (Lipinski definition) is 4.